The van der Waals surface area contributed by atoms with Gasteiger partial charge in [0, 0.05) is 26.7 Å². The van der Waals surface area contributed by atoms with Gasteiger partial charge in [-0.05, 0) is 19.1 Å². The van der Waals surface area contributed by atoms with Gasteiger partial charge in [0.1, 0.15) is 0 Å². The van der Waals surface area contributed by atoms with E-state index in [1.165, 1.54) is 0 Å². The minimum Gasteiger partial charge on any atom is -0.369 e. The molecule has 0 unspecified atom stereocenters. The van der Waals surface area contributed by atoms with Gasteiger partial charge in [-0.1, -0.05) is 0 Å². The molecule has 0 aromatic carbocycles. The summed E-state index contributed by atoms with van der Waals surface area (Å²) in [5.41, 5.74) is 10.5. The quantitative estimate of drug-likeness (QED) is 0.713. The van der Waals surface area contributed by atoms with Gasteiger partial charge in [0.15, 0.2) is 0 Å². The molecule has 0 radical (unpaired) electrons. The summed E-state index contributed by atoms with van der Waals surface area (Å²) >= 11 is 0. The highest BCUT2D eigenvalue weighted by Gasteiger charge is 2.17. The Morgan fingerprint density at radius 2 is 1.89 bits per heavy atom. The van der Waals surface area contributed by atoms with Crippen LogP contribution in [0.15, 0.2) is 12.1 Å². The maximum atomic E-state index is 5.87. The van der Waals surface area contributed by atoms with E-state index in [4.69, 9.17) is 5.73 Å². The van der Waals surface area contributed by atoms with E-state index in [0.29, 0.717) is 11.9 Å². The van der Waals surface area contributed by atoms with Gasteiger partial charge >= 0.3 is 0 Å². The fourth-order valence-corrected chi connectivity index (χ4v) is 2.20. The molecule has 0 saturated carbocycles. The van der Waals surface area contributed by atoms with E-state index in [-0.39, 0.29) is 0 Å². The molecule has 0 amide bonds. The summed E-state index contributed by atoms with van der Waals surface area (Å²) < 4.78 is 1.87. The van der Waals surface area contributed by atoms with Crippen LogP contribution in [-0.4, -0.2) is 33.6 Å². The van der Waals surface area contributed by atoms with E-state index in [9.17, 15) is 0 Å². The van der Waals surface area contributed by atoms with Gasteiger partial charge in [-0.25, -0.2) is 15.0 Å². The van der Waals surface area contributed by atoms with Crippen LogP contribution >= 0.6 is 0 Å². The molecule has 6 nitrogen and oxygen atoms in total. The number of aryl methyl sites for hydroxylation is 2. The topological polar surface area (TPSA) is 72.9 Å². The van der Waals surface area contributed by atoms with Crippen LogP contribution in [0.3, 0.4) is 0 Å². The fourth-order valence-electron chi connectivity index (χ4n) is 2.20. The Kier molecular flexibility index (Phi) is 2.35. The normalized spacial score (nSPS) is 11.4. The number of nitrogens with two attached hydrogens (primary N) is 1. The summed E-state index contributed by atoms with van der Waals surface area (Å²) in [4.78, 5) is 15.4. The molecule has 0 bridgehead atoms. The molecule has 1 aliphatic carbocycles. The number of hydrogen-bond donors (Lipinski definition) is 1. The van der Waals surface area contributed by atoms with Crippen molar-refractivity contribution >= 4 is 22.9 Å². The molecule has 1 aromatic rings. The Morgan fingerprint density at radius 3 is 2.58 bits per heavy atom. The minimum absolute atomic E-state index is 0.504. The molecule has 1 aromatic heterocycles. The molecule has 2 N–H and O–H groups in total. The number of anilines is 2. The first-order valence-electron chi connectivity index (χ1n) is 6.05. The van der Waals surface area contributed by atoms with Crippen LogP contribution in [-0.2, 0) is 7.05 Å². The first-order valence-corrected chi connectivity index (χ1v) is 6.05. The third-order valence-electron chi connectivity index (χ3n) is 3.36. The second-order valence-electron chi connectivity index (χ2n) is 4.87. The van der Waals surface area contributed by atoms with E-state index in [1.807, 2.05) is 49.7 Å². The summed E-state index contributed by atoms with van der Waals surface area (Å²) in [5, 5.41) is 0. The van der Waals surface area contributed by atoms with Gasteiger partial charge in [0.2, 0.25) is 11.9 Å². The Hall–Kier alpha value is -2.37. The first-order chi connectivity index (χ1) is 8.99. The number of nitrogen functional groups attached to an aromatic ring is 1. The highest BCUT2D eigenvalue weighted by Crippen LogP contribution is 2.30. The van der Waals surface area contributed by atoms with Crippen molar-refractivity contribution in [2.75, 3.05) is 24.7 Å². The molecule has 98 valence electrons. The molecular weight excluding hydrogens is 240 g/mol. The largest absolute Gasteiger partial charge is 0.369 e. The number of hydrogen-bond acceptors (Lipinski definition) is 5. The standard InChI is InChI=1S/C13H16N6/c1-7-10-8(15-13(17-10)18(2)3)5-6-9-11(7)16-12(14)19(9)4/h5-6H,1-4H3,(H2,14,16). The molecule has 1 aliphatic heterocycles. The van der Waals surface area contributed by atoms with Gasteiger partial charge in [-0.3, -0.25) is 0 Å². The third kappa shape index (κ3) is 1.60. The van der Waals surface area contributed by atoms with Crippen molar-refractivity contribution in [3.05, 3.63) is 17.7 Å². The van der Waals surface area contributed by atoms with Crippen molar-refractivity contribution in [2.45, 2.75) is 6.92 Å². The van der Waals surface area contributed by atoms with Gasteiger partial charge in [0.25, 0.3) is 0 Å². The maximum Gasteiger partial charge on any atom is 0.226 e. The molecule has 0 fully saturated rings. The van der Waals surface area contributed by atoms with E-state index in [1.54, 1.807) is 0 Å². The average molecular weight is 256 g/mol. The van der Waals surface area contributed by atoms with Gasteiger partial charge in [-0.15, -0.1) is 0 Å². The van der Waals surface area contributed by atoms with Crippen LogP contribution < -0.4 is 10.6 Å². The van der Waals surface area contributed by atoms with Crippen molar-refractivity contribution in [1.82, 2.24) is 19.5 Å². The zero-order chi connectivity index (χ0) is 13.7. The van der Waals surface area contributed by atoms with Crippen molar-refractivity contribution in [3.8, 4) is 11.4 Å². The molecule has 0 saturated heterocycles. The molecule has 19 heavy (non-hydrogen) atoms. The van der Waals surface area contributed by atoms with Crippen molar-refractivity contribution in [1.29, 1.82) is 0 Å². The smallest absolute Gasteiger partial charge is 0.226 e. The second-order valence-corrected chi connectivity index (χ2v) is 4.87. The van der Waals surface area contributed by atoms with Crippen LogP contribution in [0.25, 0.3) is 22.4 Å². The van der Waals surface area contributed by atoms with Crippen LogP contribution in [0, 0.1) is 6.92 Å². The lowest BCUT2D eigenvalue weighted by molar-refractivity contribution is 0.965. The zero-order valence-electron chi connectivity index (χ0n) is 11.5. The van der Waals surface area contributed by atoms with Gasteiger partial charge in [0.05, 0.1) is 22.4 Å². The number of nitrogens with zero attached hydrogens (tertiary/aromatic N) is 5. The van der Waals surface area contributed by atoms with Crippen molar-refractivity contribution in [3.63, 3.8) is 0 Å². The monoisotopic (exact) mass is 256 g/mol. The van der Waals surface area contributed by atoms with Gasteiger partial charge in [-0.2, -0.15) is 0 Å². The second kappa shape index (κ2) is 3.81. The van der Waals surface area contributed by atoms with E-state index >= 15 is 0 Å². The summed E-state index contributed by atoms with van der Waals surface area (Å²) in [5.74, 6) is 1.21. The van der Waals surface area contributed by atoms with Gasteiger partial charge < -0.3 is 15.2 Å². The summed E-state index contributed by atoms with van der Waals surface area (Å²) in [7, 11) is 5.76. The van der Waals surface area contributed by atoms with E-state index in [0.717, 1.165) is 28.0 Å². The van der Waals surface area contributed by atoms with Crippen LogP contribution in [0.1, 0.15) is 5.56 Å². The van der Waals surface area contributed by atoms with Crippen molar-refractivity contribution in [2.24, 2.45) is 7.05 Å². The molecule has 0 spiro atoms. The molecule has 2 aliphatic rings. The predicted molar refractivity (Wildman–Crippen MR) is 76.4 cm³/mol. The zero-order valence-corrected chi connectivity index (χ0v) is 11.5. The molecule has 3 rings (SSSR count). The Balaban J connectivity index is 2.41. The number of rotatable bonds is 1. The van der Waals surface area contributed by atoms with Crippen LogP contribution in [0.2, 0.25) is 0 Å². The Labute approximate surface area is 111 Å². The highest BCUT2D eigenvalue weighted by atomic mass is 15.2. The third-order valence-corrected chi connectivity index (χ3v) is 3.36. The fraction of sp³-hybridized carbons (Fsp3) is 0.308. The maximum absolute atomic E-state index is 5.87. The summed E-state index contributed by atoms with van der Waals surface area (Å²) in [6.45, 7) is 2.01. The lowest BCUT2D eigenvalue weighted by Gasteiger charge is -2.04. The highest BCUT2D eigenvalue weighted by molar-refractivity contribution is 5.86. The van der Waals surface area contributed by atoms with Crippen LogP contribution in [0.5, 0.6) is 0 Å². The predicted octanol–water partition coefficient (Wildman–Crippen LogP) is 1.42. The number of fused-ring (bicyclic) bond motifs is 2. The van der Waals surface area contributed by atoms with E-state index in [2.05, 4.69) is 15.0 Å². The molecule has 0 atom stereocenters. The Bertz CT molecular complexity index is 743. The molecular formula is C13H16N6. The summed E-state index contributed by atoms with van der Waals surface area (Å²) in [6, 6.07) is 3.95. The minimum atomic E-state index is 0.504. The summed E-state index contributed by atoms with van der Waals surface area (Å²) in [6.07, 6.45) is 0. The number of imidazole rings is 2. The van der Waals surface area contributed by atoms with Crippen molar-refractivity contribution < 1.29 is 0 Å². The SMILES string of the molecule is Cc1c2nc(N(C)C)nc-2ccc2c1nc(N)n2C. The van der Waals surface area contributed by atoms with E-state index < -0.39 is 0 Å². The number of aromatic nitrogens is 4. The lowest BCUT2D eigenvalue weighted by atomic mass is 10.2. The average Bonchev–Trinajstić information content (AvgIpc) is 2.87. The molecule has 6 heteroatoms. The lowest BCUT2D eigenvalue weighted by Crippen LogP contribution is -2.09. The Morgan fingerprint density at radius 1 is 1.16 bits per heavy atom. The first kappa shape index (κ1) is 11.7. The van der Waals surface area contributed by atoms with Crippen LogP contribution in [0.4, 0.5) is 11.9 Å². The molecule has 2 heterocycles.